The molecule has 0 aliphatic heterocycles. The molecule has 0 saturated heterocycles. The van der Waals surface area contributed by atoms with Crippen molar-refractivity contribution >= 4 is 46.5 Å². The van der Waals surface area contributed by atoms with E-state index in [0.717, 1.165) is 61.9 Å². The zero-order chi connectivity index (χ0) is 35.2. The molecule has 0 fully saturated rings. The molecule has 4 rings (SSSR count). The highest BCUT2D eigenvalue weighted by Crippen LogP contribution is 2.37. The van der Waals surface area contributed by atoms with Gasteiger partial charge in [0.25, 0.3) is 5.56 Å². The second-order valence-corrected chi connectivity index (χ2v) is 12.4. The summed E-state index contributed by atoms with van der Waals surface area (Å²) in [6, 6.07) is 18.1. The standard InChI is InChI=1S/C36H43Cl2N7O4/c1-3-45-34(48)21-32(43-36(49)42-31-20-33(38)41-23-30(31)37)35(44-45)29-19-26(14-15-28(29)25-11-6-4-7-12-25)27(22-40-24(2)47)13-8-5-9-16-39-17-10-18-46/h4,6-7,11-12,14-15,19-21,23,27,39,46H,3,5,8-10,13,16-18,22H2,1-2H3,(H,40,47)(H2,41,42,43,49). The minimum absolute atomic E-state index is 0.00481. The zero-order valence-electron chi connectivity index (χ0n) is 27.8. The molecule has 2 heterocycles. The molecule has 3 amide bonds. The van der Waals surface area contributed by atoms with E-state index in [1.165, 1.54) is 29.9 Å². The van der Waals surface area contributed by atoms with E-state index in [-0.39, 0.29) is 45.5 Å². The van der Waals surface area contributed by atoms with E-state index < -0.39 is 6.03 Å². The Hall–Kier alpha value is -4.29. The van der Waals surface area contributed by atoms with Crippen molar-refractivity contribution in [3.05, 3.63) is 93.0 Å². The van der Waals surface area contributed by atoms with Crippen LogP contribution in [-0.4, -0.2) is 58.1 Å². The molecule has 13 heteroatoms. The lowest BCUT2D eigenvalue weighted by Crippen LogP contribution is -2.27. The molecule has 1 unspecified atom stereocenters. The number of rotatable bonds is 17. The topological polar surface area (TPSA) is 150 Å². The Kier molecular flexibility index (Phi) is 14.6. The van der Waals surface area contributed by atoms with E-state index in [1.807, 2.05) is 49.4 Å². The number of aryl methyl sites for hydroxylation is 1. The van der Waals surface area contributed by atoms with Gasteiger partial charge in [0.1, 0.15) is 10.8 Å². The SMILES string of the molecule is CCn1nc(-c2cc(C(CCCCCNCCCO)CNC(C)=O)ccc2-c2ccccc2)c(NC(=O)Nc2cc(Cl)ncc2Cl)cc1=O. The number of hydrogen-bond acceptors (Lipinski definition) is 7. The Labute approximate surface area is 296 Å². The fourth-order valence-corrected chi connectivity index (χ4v) is 5.79. The molecule has 0 spiro atoms. The Morgan fingerprint density at radius 1 is 0.918 bits per heavy atom. The zero-order valence-corrected chi connectivity index (χ0v) is 29.3. The fourth-order valence-electron chi connectivity index (χ4n) is 5.48. The lowest BCUT2D eigenvalue weighted by molar-refractivity contribution is -0.119. The van der Waals surface area contributed by atoms with E-state index in [1.54, 1.807) is 0 Å². The molecule has 0 radical (unpaired) electrons. The number of hydrogen-bond donors (Lipinski definition) is 5. The van der Waals surface area contributed by atoms with E-state index in [0.29, 0.717) is 24.3 Å². The molecule has 2 aromatic carbocycles. The molecule has 1 atom stereocenters. The van der Waals surface area contributed by atoms with Crippen LogP contribution >= 0.6 is 23.2 Å². The quantitative estimate of drug-likeness (QED) is 0.0606. The van der Waals surface area contributed by atoms with Crippen LogP contribution < -0.4 is 26.8 Å². The largest absolute Gasteiger partial charge is 0.396 e. The maximum absolute atomic E-state index is 13.3. The maximum atomic E-state index is 13.3. The third-order valence-electron chi connectivity index (χ3n) is 7.99. The molecule has 0 bridgehead atoms. The summed E-state index contributed by atoms with van der Waals surface area (Å²) < 4.78 is 1.35. The van der Waals surface area contributed by atoms with Crippen LogP contribution in [0.5, 0.6) is 0 Å². The van der Waals surface area contributed by atoms with Gasteiger partial charge in [-0.2, -0.15) is 5.10 Å². The summed E-state index contributed by atoms with van der Waals surface area (Å²) in [6.45, 7) is 5.97. The highest BCUT2D eigenvalue weighted by molar-refractivity contribution is 6.35. The first-order valence-electron chi connectivity index (χ1n) is 16.5. The summed E-state index contributed by atoms with van der Waals surface area (Å²) in [6.07, 6.45) is 5.88. The van der Waals surface area contributed by atoms with Crippen LogP contribution in [0.1, 0.15) is 57.4 Å². The number of benzene rings is 2. The van der Waals surface area contributed by atoms with Crippen LogP contribution in [0.25, 0.3) is 22.4 Å². The number of unbranched alkanes of at least 4 members (excludes halogenated alkanes) is 2. The number of halogens is 2. The Morgan fingerprint density at radius 2 is 1.67 bits per heavy atom. The van der Waals surface area contributed by atoms with Crippen LogP contribution in [0.3, 0.4) is 0 Å². The van der Waals surface area contributed by atoms with Gasteiger partial charge < -0.3 is 26.4 Å². The Morgan fingerprint density at radius 3 is 2.41 bits per heavy atom. The predicted octanol–water partition coefficient (Wildman–Crippen LogP) is 6.70. The lowest BCUT2D eigenvalue weighted by Gasteiger charge is -2.21. The third-order valence-corrected chi connectivity index (χ3v) is 8.49. The molecular weight excluding hydrogens is 665 g/mol. The van der Waals surface area contributed by atoms with Gasteiger partial charge in [-0.3, -0.25) is 9.59 Å². The monoisotopic (exact) mass is 707 g/mol. The molecule has 260 valence electrons. The van der Waals surface area contributed by atoms with Gasteiger partial charge in [0.05, 0.1) is 16.4 Å². The smallest absolute Gasteiger partial charge is 0.323 e. The van der Waals surface area contributed by atoms with Crippen molar-refractivity contribution in [3.8, 4) is 22.4 Å². The molecule has 5 N–H and O–H groups in total. The molecule has 2 aromatic heterocycles. The van der Waals surface area contributed by atoms with Gasteiger partial charge in [-0.05, 0) is 62.0 Å². The van der Waals surface area contributed by atoms with Crippen LogP contribution in [-0.2, 0) is 11.3 Å². The minimum Gasteiger partial charge on any atom is -0.396 e. The van der Waals surface area contributed by atoms with Crippen LogP contribution in [0.2, 0.25) is 10.2 Å². The fraction of sp³-hybridized carbons (Fsp3) is 0.361. The molecule has 0 aliphatic rings. The number of aliphatic hydroxyl groups is 1. The number of amides is 3. The summed E-state index contributed by atoms with van der Waals surface area (Å²) in [5.41, 5.74) is 4.00. The number of aliphatic hydroxyl groups excluding tert-OH is 1. The number of aromatic nitrogens is 3. The van der Waals surface area contributed by atoms with Crippen molar-refractivity contribution in [2.24, 2.45) is 0 Å². The highest BCUT2D eigenvalue weighted by Gasteiger charge is 2.21. The highest BCUT2D eigenvalue weighted by atomic mass is 35.5. The van der Waals surface area contributed by atoms with Crippen molar-refractivity contribution < 1.29 is 14.7 Å². The van der Waals surface area contributed by atoms with Gasteiger partial charge in [0, 0.05) is 56.4 Å². The average molecular weight is 709 g/mol. The van der Waals surface area contributed by atoms with Crippen LogP contribution in [0, 0.1) is 0 Å². The van der Waals surface area contributed by atoms with Gasteiger partial charge in [-0.25, -0.2) is 14.5 Å². The molecule has 11 nitrogen and oxygen atoms in total. The number of carbonyl (C=O) groups excluding carboxylic acids is 2. The molecule has 0 saturated carbocycles. The Balaban J connectivity index is 1.73. The van der Waals surface area contributed by atoms with E-state index in [2.05, 4.69) is 32.3 Å². The third kappa shape index (κ3) is 11.1. The van der Waals surface area contributed by atoms with Gasteiger partial charge in [-0.15, -0.1) is 0 Å². The molecule has 0 aliphatic carbocycles. The van der Waals surface area contributed by atoms with E-state index in [4.69, 9.17) is 33.4 Å². The van der Waals surface area contributed by atoms with E-state index in [9.17, 15) is 14.4 Å². The summed E-state index contributed by atoms with van der Waals surface area (Å²) in [5.74, 6) is -0.103. The average Bonchev–Trinajstić information content (AvgIpc) is 3.09. The number of nitrogens with one attached hydrogen (secondary N) is 4. The van der Waals surface area contributed by atoms with Gasteiger partial charge in [0.15, 0.2) is 0 Å². The summed E-state index contributed by atoms with van der Waals surface area (Å²) in [4.78, 5) is 42.2. The summed E-state index contributed by atoms with van der Waals surface area (Å²) in [5, 5.41) is 25.9. The first-order chi connectivity index (χ1) is 23.7. The van der Waals surface area contributed by atoms with Crippen molar-refractivity contribution in [1.29, 1.82) is 0 Å². The van der Waals surface area contributed by atoms with Gasteiger partial charge in [-0.1, -0.05) is 78.5 Å². The number of pyridine rings is 1. The maximum Gasteiger partial charge on any atom is 0.323 e. The van der Waals surface area contributed by atoms with Crippen molar-refractivity contribution in [2.75, 3.05) is 36.9 Å². The molecule has 4 aromatic rings. The molecular formula is C36H43Cl2N7O4. The second kappa shape index (κ2) is 19.0. The predicted molar refractivity (Wildman–Crippen MR) is 196 cm³/mol. The van der Waals surface area contributed by atoms with E-state index >= 15 is 0 Å². The number of urea groups is 1. The van der Waals surface area contributed by atoms with Crippen molar-refractivity contribution in [3.63, 3.8) is 0 Å². The first-order valence-corrected chi connectivity index (χ1v) is 17.2. The summed E-state index contributed by atoms with van der Waals surface area (Å²) >= 11 is 12.2. The summed E-state index contributed by atoms with van der Waals surface area (Å²) in [7, 11) is 0. The van der Waals surface area contributed by atoms with Crippen molar-refractivity contribution in [2.45, 2.75) is 58.4 Å². The normalized spacial score (nSPS) is 11.6. The number of nitrogens with zero attached hydrogens (tertiary/aromatic N) is 3. The van der Waals surface area contributed by atoms with Crippen LogP contribution in [0.4, 0.5) is 16.2 Å². The van der Waals surface area contributed by atoms with Crippen LogP contribution in [0.15, 0.2) is 71.7 Å². The number of anilines is 2. The van der Waals surface area contributed by atoms with Crippen molar-refractivity contribution in [1.82, 2.24) is 25.4 Å². The lowest BCUT2D eigenvalue weighted by atomic mass is 9.88. The molecule has 49 heavy (non-hydrogen) atoms. The first kappa shape index (κ1) is 37.5. The Bertz CT molecular complexity index is 1770. The minimum atomic E-state index is -0.646. The second-order valence-electron chi connectivity index (χ2n) is 11.6. The van der Waals surface area contributed by atoms with Gasteiger partial charge in [0.2, 0.25) is 5.91 Å². The number of carbonyl (C=O) groups is 2. The van der Waals surface area contributed by atoms with Gasteiger partial charge >= 0.3 is 6.03 Å².